The number of hydrogen-bond acceptors (Lipinski definition) is 5. The molecule has 0 heterocycles. The molecule has 0 bridgehead atoms. The maximum Gasteiger partial charge on any atom is 0.242 e. The second-order valence-corrected chi connectivity index (χ2v) is 9.31. The topological polar surface area (TPSA) is 84.9 Å². The van der Waals surface area contributed by atoms with Crippen LogP contribution >= 0.6 is 0 Å². The average Bonchev–Trinajstić information content (AvgIpc) is 2.72. The van der Waals surface area contributed by atoms with Crippen molar-refractivity contribution in [1.82, 2.24) is 9.62 Å². The number of aryl methyl sites for hydroxylation is 2. The van der Waals surface area contributed by atoms with Crippen LogP contribution in [0.25, 0.3) is 0 Å². The number of amides is 1. The van der Waals surface area contributed by atoms with E-state index in [4.69, 9.17) is 9.47 Å². The van der Waals surface area contributed by atoms with Crippen molar-refractivity contribution in [2.24, 2.45) is 0 Å². The molecular formula is C22H30N2O5S. The number of methoxy groups -OCH3 is 1. The third-order valence-electron chi connectivity index (χ3n) is 4.89. The number of nitrogens with zero attached hydrogens (tertiary/aromatic N) is 1. The molecule has 8 heteroatoms. The van der Waals surface area contributed by atoms with Gasteiger partial charge in [-0.3, -0.25) is 4.79 Å². The summed E-state index contributed by atoms with van der Waals surface area (Å²) in [5.74, 6) is 1.23. The van der Waals surface area contributed by atoms with E-state index in [9.17, 15) is 13.2 Å². The fraction of sp³-hybridized carbons (Fsp3) is 0.409. The zero-order valence-corrected chi connectivity index (χ0v) is 19.0. The second kappa shape index (κ2) is 10.4. The Hall–Kier alpha value is -2.58. The molecule has 2 aromatic rings. The first kappa shape index (κ1) is 23.7. The lowest BCUT2D eigenvalue weighted by atomic mass is 10.1. The molecule has 0 saturated carbocycles. The summed E-state index contributed by atoms with van der Waals surface area (Å²) in [4.78, 5) is 12.4. The van der Waals surface area contributed by atoms with E-state index in [-0.39, 0.29) is 17.2 Å². The highest BCUT2D eigenvalue weighted by atomic mass is 32.2. The SMILES string of the molecule is COc1ccc(S(=O)(=O)N(C)C)cc1CCC(=O)NCCOc1cccc(C)c1C. The minimum Gasteiger partial charge on any atom is -0.496 e. The summed E-state index contributed by atoms with van der Waals surface area (Å²) >= 11 is 0. The van der Waals surface area contributed by atoms with Gasteiger partial charge in [-0.05, 0) is 61.2 Å². The predicted molar refractivity (Wildman–Crippen MR) is 117 cm³/mol. The van der Waals surface area contributed by atoms with Crippen LogP contribution in [0.4, 0.5) is 0 Å². The Morgan fingerprint density at radius 3 is 2.50 bits per heavy atom. The molecule has 0 saturated heterocycles. The highest BCUT2D eigenvalue weighted by Gasteiger charge is 2.19. The van der Waals surface area contributed by atoms with Crippen LogP contribution in [0.2, 0.25) is 0 Å². The van der Waals surface area contributed by atoms with Crippen molar-refractivity contribution in [2.75, 3.05) is 34.4 Å². The van der Waals surface area contributed by atoms with E-state index < -0.39 is 10.0 Å². The van der Waals surface area contributed by atoms with Crippen LogP contribution in [0.5, 0.6) is 11.5 Å². The molecule has 1 amide bonds. The summed E-state index contributed by atoms with van der Waals surface area (Å²) < 4.78 is 36.9. The van der Waals surface area contributed by atoms with Crippen molar-refractivity contribution in [3.8, 4) is 11.5 Å². The molecule has 0 atom stereocenters. The second-order valence-electron chi connectivity index (χ2n) is 7.16. The number of ether oxygens (including phenoxy) is 2. The summed E-state index contributed by atoms with van der Waals surface area (Å²) in [6.45, 7) is 4.78. The molecular weight excluding hydrogens is 404 g/mol. The van der Waals surface area contributed by atoms with Gasteiger partial charge in [-0.15, -0.1) is 0 Å². The van der Waals surface area contributed by atoms with Crippen molar-refractivity contribution in [1.29, 1.82) is 0 Å². The van der Waals surface area contributed by atoms with Crippen LogP contribution < -0.4 is 14.8 Å². The highest BCUT2D eigenvalue weighted by Crippen LogP contribution is 2.25. The van der Waals surface area contributed by atoms with E-state index in [1.54, 1.807) is 12.1 Å². The van der Waals surface area contributed by atoms with Crippen molar-refractivity contribution >= 4 is 15.9 Å². The third kappa shape index (κ3) is 5.96. The Balaban J connectivity index is 1.90. The predicted octanol–water partition coefficient (Wildman–Crippen LogP) is 2.69. The summed E-state index contributed by atoms with van der Waals surface area (Å²) in [6, 6.07) is 10.5. The third-order valence-corrected chi connectivity index (χ3v) is 6.70. The molecule has 1 N–H and O–H groups in total. The first-order chi connectivity index (χ1) is 14.2. The first-order valence-electron chi connectivity index (χ1n) is 9.72. The minimum absolute atomic E-state index is 0.137. The summed E-state index contributed by atoms with van der Waals surface area (Å²) in [6.07, 6.45) is 0.578. The van der Waals surface area contributed by atoms with Gasteiger partial charge < -0.3 is 14.8 Å². The molecule has 0 aliphatic carbocycles. The number of carbonyl (C=O) groups is 1. The van der Waals surface area contributed by atoms with Crippen molar-refractivity contribution in [3.05, 3.63) is 53.1 Å². The van der Waals surface area contributed by atoms with E-state index in [1.165, 1.54) is 27.3 Å². The number of carbonyl (C=O) groups excluding carboxylic acids is 1. The first-order valence-corrected chi connectivity index (χ1v) is 11.2. The van der Waals surface area contributed by atoms with Crippen LogP contribution in [0.3, 0.4) is 0 Å². The molecule has 0 aromatic heterocycles. The van der Waals surface area contributed by atoms with Crippen LogP contribution in [-0.4, -0.2) is 53.0 Å². The van der Waals surface area contributed by atoms with E-state index in [1.807, 2.05) is 32.0 Å². The zero-order chi connectivity index (χ0) is 22.3. The van der Waals surface area contributed by atoms with Crippen LogP contribution in [-0.2, 0) is 21.2 Å². The van der Waals surface area contributed by atoms with E-state index in [2.05, 4.69) is 5.32 Å². The van der Waals surface area contributed by atoms with E-state index >= 15 is 0 Å². The van der Waals surface area contributed by atoms with Gasteiger partial charge in [0, 0.05) is 20.5 Å². The molecule has 164 valence electrons. The quantitative estimate of drug-likeness (QED) is 0.581. The Labute approximate surface area is 179 Å². The largest absolute Gasteiger partial charge is 0.496 e. The fourth-order valence-corrected chi connectivity index (χ4v) is 3.84. The summed E-state index contributed by atoms with van der Waals surface area (Å²) in [7, 11) is 0.923. The Morgan fingerprint density at radius 1 is 1.10 bits per heavy atom. The molecule has 2 rings (SSSR count). The molecule has 0 unspecified atom stereocenters. The van der Waals surface area contributed by atoms with Crippen molar-refractivity contribution in [2.45, 2.75) is 31.6 Å². The van der Waals surface area contributed by atoms with E-state index in [0.29, 0.717) is 30.9 Å². The molecule has 0 aliphatic heterocycles. The van der Waals surface area contributed by atoms with E-state index in [0.717, 1.165) is 21.2 Å². The number of benzene rings is 2. The molecule has 30 heavy (non-hydrogen) atoms. The Bertz CT molecular complexity index is 987. The summed E-state index contributed by atoms with van der Waals surface area (Å²) in [5, 5.41) is 2.83. The van der Waals surface area contributed by atoms with Gasteiger partial charge in [0.05, 0.1) is 18.6 Å². The maximum atomic E-state index is 12.4. The standard InChI is InChI=1S/C22H30N2O5S/c1-16-7-6-8-20(17(16)2)29-14-13-23-22(25)12-9-18-15-19(10-11-21(18)28-5)30(26,27)24(3)4/h6-8,10-11,15H,9,12-14H2,1-5H3,(H,23,25). The van der Waals surface area contributed by atoms with Gasteiger partial charge in [-0.1, -0.05) is 12.1 Å². The Morgan fingerprint density at radius 2 is 1.83 bits per heavy atom. The van der Waals surface area contributed by atoms with Gasteiger partial charge in [0.1, 0.15) is 18.1 Å². The number of hydrogen-bond donors (Lipinski definition) is 1. The summed E-state index contributed by atoms with van der Waals surface area (Å²) in [5.41, 5.74) is 2.91. The number of sulfonamides is 1. The van der Waals surface area contributed by atoms with Gasteiger partial charge in [0.2, 0.25) is 15.9 Å². The lowest BCUT2D eigenvalue weighted by molar-refractivity contribution is -0.121. The van der Waals surface area contributed by atoms with Crippen molar-refractivity contribution in [3.63, 3.8) is 0 Å². The zero-order valence-electron chi connectivity index (χ0n) is 18.2. The molecule has 0 aliphatic rings. The van der Waals surface area contributed by atoms with Gasteiger partial charge in [-0.25, -0.2) is 12.7 Å². The van der Waals surface area contributed by atoms with Gasteiger partial charge in [0.15, 0.2) is 0 Å². The van der Waals surface area contributed by atoms with Crippen molar-refractivity contribution < 1.29 is 22.7 Å². The molecule has 7 nitrogen and oxygen atoms in total. The molecule has 2 aromatic carbocycles. The monoisotopic (exact) mass is 434 g/mol. The Kier molecular flexibility index (Phi) is 8.25. The normalized spacial score (nSPS) is 11.4. The minimum atomic E-state index is -3.55. The van der Waals surface area contributed by atoms with Gasteiger partial charge in [0.25, 0.3) is 0 Å². The number of nitrogens with one attached hydrogen (secondary N) is 1. The fourth-order valence-electron chi connectivity index (χ4n) is 2.89. The lowest BCUT2D eigenvalue weighted by Gasteiger charge is -2.15. The molecule has 0 spiro atoms. The smallest absolute Gasteiger partial charge is 0.242 e. The van der Waals surface area contributed by atoms with Crippen LogP contribution in [0.1, 0.15) is 23.1 Å². The van der Waals surface area contributed by atoms with Gasteiger partial charge >= 0.3 is 0 Å². The number of rotatable bonds is 10. The average molecular weight is 435 g/mol. The molecule has 0 radical (unpaired) electrons. The lowest BCUT2D eigenvalue weighted by Crippen LogP contribution is -2.28. The van der Waals surface area contributed by atoms with Crippen LogP contribution in [0.15, 0.2) is 41.3 Å². The molecule has 0 fully saturated rings. The van der Waals surface area contributed by atoms with Gasteiger partial charge in [-0.2, -0.15) is 0 Å². The highest BCUT2D eigenvalue weighted by molar-refractivity contribution is 7.89. The van der Waals surface area contributed by atoms with Crippen LogP contribution in [0, 0.1) is 13.8 Å². The maximum absolute atomic E-state index is 12.4.